The summed E-state index contributed by atoms with van der Waals surface area (Å²) >= 11 is 1.25. The van der Waals surface area contributed by atoms with E-state index in [0.29, 0.717) is 24.6 Å². The van der Waals surface area contributed by atoms with Gasteiger partial charge in [-0.1, -0.05) is 17.2 Å². The summed E-state index contributed by atoms with van der Waals surface area (Å²) < 4.78 is 5.46. The summed E-state index contributed by atoms with van der Waals surface area (Å²) in [6, 6.07) is 7.97. The van der Waals surface area contributed by atoms with Crippen molar-refractivity contribution < 1.29 is 28.8 Å². The van der Waals surface area contributed by atoms with E-state index in [0.717, 1.165) is 16.9 Å². The van der Waals surface area contributed by atoms with Gasteiger partial charge in [-0.25, -0.2) is 9.59 Å². The van der Waals surface area contributed by atoms with Gasteiger partial charge in [-0.2, -0.15) is 0 Å². The number of ether oxygens (including phenoxy) is 1. The summed E-state index contributed by atoms with van der Waals surface area (Å²) in [7, 11) is 0. The number of hydrogen-bond donors (Lipinski definition) is 0. The van der Waals surface area contributed by atoms with Crippen molar-refractivity contribution in [2.45, 2.75) is 45.8 Å². The van der Waals surface area contributed by atoms with E-state index in [9.17, 15) is 19.2 Å². The number of thiophene rings is 1. The molecule has 0 aliphatic carbocycles. The number of fused-ring (bicyclic) bond motifs is 2. The van der Waals surface area contributed by atoms with Gasteiger partial charge in [0, 0.05) is 11.4 Å². The van der Waals surface area contributed by atoms with Crippen LogP contribution in [0, 0.1) is 0 Å². The maximum Gasteiger partial charge on any atom is 0.410 e. The summed E-state index contributed by atoms with van der Waals surface area (Å²) in [4.78, 5) is 58.0. The van der Waals surface area contributed by atoms with Crippen LogP contribution in [0.5, 0.6) is 0 Å². The van der Waals surface area contributed by atoms with Crippen LogP contribution in [0.25, 0.3) is 0 Å². The van der Waals surface area contributed by atoms with Gasteiger partial charge in [0.25, 0.3) is 11.8 Å². The first-order valence-corrected chi connectivity index (χ1v) is 10.8. The van der Waals surface area contributed by atoms with Gasteiger partial charge in [0.2, 0.25) is 0 Å². The summed E-state index contributed by atoms with van der Waals surface area (Å²) in [6.07, 6.45) is 1.04. The van der Waals surface area contributed by atoms with Gasteiger partial charge in [0.05, 0.1) is 17.7 Å². The number of nitrogens with zero attached hydrogens (tertiary/aromatic N) is 2. The van der Waals surface area contributed by atoms with Crippen LogP contribution in [-0.4, -0.2) is 46.0 Å². The second kappa shape index (κ2) is 7.81. The molecule has 2 aromatic rings. The predicted molar refractivity (Wildman–Crippen MR) is 112 cm³/mol. The molecule has 31 heavy (non-hydrogen) atoms. The average Bonchev–Trinajstić information content (AvgIpc) is 3.13. The normalized spacial score (nSPS) is 16.0. The minimum Gasteiger partial charge on any atom is -0.444 e. The number of carbonyl (C=O) groups is 4. The van der Waals surface area contributed by atoms with Crippen molar-refractivity contribution in [2.24, 2.45) is 0 Å². The van der Waals surface area contributed by atoms with Crippen molar-refractivity contribution in [2.75, 3.05) is 6.54 Å². The summed E-state index contributed by atoms with van der Waals surface area (Å²) in [5, 5.41) is 0.505. The van der Waals surface area contributed by atoms with Gasteiger partial charge >= 0.3 is 12.1 Å². The minimum atomic E-state index is -0.781. The third kappa shape index (κ3) is 4.18. The van der Waals surface area contributed by atoms with Crippen molar-refractivity contribution in [3.05, 3.63) is 56.8 Å². The highest BCUT2D eigenvalue weighted by Gasteiger charge is 2.39. The van der Waals surface area contributed by atoms with E-state index in [1.54, 1.807) is 23.1 Å². The number of imide groups is 1. The van der Waals surface area contributed by atoms with E-state index in [4.69, 9.17) is 9.57 Å². The Morgan fingerprint density at radius 2 is 1.71 bits per heavy atom. The van der Waals surface area contributed by atoms with Gasteiger partial charge in [0.1, 0.15) is 10.5 Å². The van der Waals surface area contributed by atoms with Crippen molar-refractivity contribution in [1.29, 1.82) is 0 Å². The van der Waals surface area contributed by atoms with Gasteiger partial charge < -0.3 is 14.5 Å². The predicted octanol–water partition coefficient (Wildman–Crippen LogP) is 3.80. The Balaban J connectivity index is 1.48. The lowest BCUT2D eigenvalue weighted by Crippen LogP contribution is -2.36. The number of benzene rings is 1. The van der Waals surface area contributed by atoms with Crippen molar-refractivity contribution >= 4 is 35.2 Å². The molecule has 8 nitrogen and oxygen atoms in total. The first-order valence-electron chi connectivity index (χ1n) is 9.93. The molecule has 3 amide bonds. The molecule has 0 spiro atoms. The van der Waals surface area contributed by atoms with Crippen LogP contribution < -0.4 is 0 Å². The quantitative estimate of drug-likeness (QED) is 0.657. The van der Waals surface area contributed by atoms with Crippen LogP contribution in [0.15, 0.2) is 30.3 Å². The van der Waals surface area contributed by atoms with Crippen LogP contribution in [0.1, 0.15) is 68.0 Å². The van der Waals surface area contributed by atoms with Crippen molar-refractivity contribution in [1.82, 2.24) is 9.96 Å². The first-order chi connectivity index (χ1) is 14.6. The highest BCUT2D eigenvalue weighted by molar-refractivity contribution is 7.14. The van der Waals surface area contributed by atoms with E-state index >= 15 is 0 Å². The molecular formula is C22H22N2O6S. The highest BCUT2D eigenvalue weighted by Crippen LogP contribution is 2.30. The number of aryl methyl sites for hydroxylation is 1. The van der Waals surface area contributed by atoms with Gasteiger partial charge in [-0.15, -0.1) is 11.3 Å². The number of hydroxylamine groups is 2. The smallest absolute Gasteiger partial charge is 0.410 e. The minimum absolute atomic E-state index is 0.204. The lowest BCUT2D eigenvalue weighted by atomic mass is 10.1. The summed E-state index contributed by atoms with van der Waals surface area (Å²) in [5.74, 6) is -2.11. The maximum atomic E-state index is 12.7. The Morgan fingerprint density at radius 1 is 1.06 bits per heavy atom. The van der Waals surface area contributed by atoms with Gasteiger partial charge in [0.15, 0.2) is 0 Å². The molecule has 1 aromatic heterocycles. The zero-order chi connectivity index (χ0) is 22.3. The molecule has 4 rings (SSSR count). The molecule has 162 valence electrons. The fourth-order valence-electron chi connectivity index (χ4n) is 3.49. The van der Waals surface area contributed by atoms with E-state index in [1.807, 2.05) is 20.8 Å². The Kier molecular flexibility index (Phi) is 5.30. The zero-order valence-electron chi connectivity index (χ0n) is 17.5. The summed E-state index contributed by atoms with van der Waals surface area (Å²) in [6.45, 7) is 6.32. The van der Waals surface area contributed by atoms with Crippen LogP contribution in [0.4, 0.5) is 4.79 Å². The number of rotatable bonds is 2. The van der Waals surface area contributed by atoms with E-state index in [2.05, 4.69) is 0 Å². The van der Waals surface area contributed by atoms with Crippen LogP contribution >= 0.6 is 11.3 Å². The molecule has 2 aliphatic heterocycles. The Morgan fingerprint density at radius 3 is 2.32 bits per heavy atom. The van der Waals surface area contributed by atoms with Gasteiger partial charge in [-0.3, -0.25) is 9.59 Å². The van der Waals surface area contributed by atoms with Crippen molar-refractivity contribution in [3.63, 3.8) is 0 Å². The van der Waals surface area contributed by atoms with Crippen LogP contribution in [0.2, 0.25) is 0 Å². The van der Waals surface area contributed by atoms with E-state index < -0.39 is 29.5 Å². The maximum absolute atomic E-state index is 12.7. The fraction of sp³-hybridized carbons (Fsp3) is 0.364. The molecule has 0 saturated carbocycles. The lowest BCUT2D eigenvalue weighted by molar-refractivity contribution is -0.0581. The topological polar surface area (TPSA) is 93.2 Å². The molecule has 0 unspecified atom stereocenters. The molecule has 0 radical (unpaired) electrons. The average molecular weight is 442 g/mol. The molecule has 0 bridgehead atoms. The third-order valence-electron chi connectivity index (χ3n) is 4.87. The molecule has 9 heteroatoms. The monoisotopic (exact) mass is 442 g/mol. The second-order valence-electron chi connectivity index (χ2n) is 8.39. The lowest BCUT2D eigenvalue weighted by Gasteiger charge is -2.26. The largest absolute Gasteiger partial charge is 0.444 e. The third-order valence-corrected chi connectivity index (χ3v) is 6.09. The van der Waals surface area contributed by atoms with Gasteiger partial charge in [-0.05, 0) is 57.4 Å². The standard InChI is InChI=1S/C22H22N2O6S/c1-22(2,3)29-21(28)23-10-6-9-16-13(12-23)11-17(31-16)20(27)30-24-18(25)14-7-4-5-8-15(14)19(24)26/h4-5,7-8,11H,6,9-10,12H2,1-3H3. The first kappa shape index (κ1) is 21.0. The molecule has 0 N–H and O–H groups in total. The zero-order valence-corrected chi connectivity index (χ0v) is 18.3. The van der Waals surface area contributed by atoms with Crippen molar-refractivity contribution in [3.8, 4) is 0 Å². The Bertz CT molecular complexity index is 1050. The highest BCUT2D eigenvalue weighted by atomic mass is 32.1. The number of amides is 3. The fourth-order valence-corrected chi connectivity index (χ4v) is 4.58. The molecule has 0 saturated heterocycles. The summed E-state index contributed by atoms with van der Waals surface area (Å²) in [5.41, 5.74) is 0.649. The van der Waals surface area contributed by atoms with E-state index in [1.165, 1.54) is 23.5 Å². The Hall–Kier alpha value is -3.20. The molecule has 2 aliphatic rings. The van der Waals surface area contributed by atoms with E-state index in [-0.39, 0.29) is 16.0 Å². The van der Waals surface area contributed by atoms with Crippen LogP contribution in [0.3, 0.4) is 0 Å². The molecule has 0 atom stereocenters. The molecular weight excluding hydrogens is 420 g/mol. The van der Waals surface area contributed by atoms with Crippen LogP contribution in [-0.2, 0) is 22.5 Å². The number of carbonyl (C=O) groups excluding carboxylic acids is 4. The molecule has 0 fully saturated rings. The SMILES string of the molecule is CC(C)(C)OC(=O)N1CCCc2sc(C(=O)ON3C(=O)c4ccccc4C3=O)cc2C1. The Labute approximate surface area is 183 Å². The second-order valence-corrected chi connectivity index (χ2v) is 9.53. The molecule has 1 aromatic carbocycles. The molecule has 3 heterocycles. The number of hydrogen-bond acceptors (Lipinski definition) is 7.